The maximum Gasteiger partial charge on any atom is 0.277 e. The SMILES string of the molecule is O=[N+]([O-])c1ccc(NCCc2ncno2)c2cnccc12. The number of benzene rings is 1. The molecule has 0 unspecified atom stereocenters. The zero-order valence-corrected chi connectivity index (χ0v) is 10.9. The summed E-state index contributed by atoms with van der Waals surface area (Å²) in [7, 11) is 0. The second-order valence-electron chi connectivity index (χ2n) is 4.32. The summed E-state index contributed by atoms with van der Waals surface area (Å²) in [5.74, 6) is 0.534. The Morgan fingerprint density at radius 2 is 2.19 bits per heavy atom. The number of rotatable bonds is 5. The number of pyridine rings is 1. The second kappa shape index (κ2) is 5.53. The lowest BCUT2D eigenvalue weighted by molar-refractivity contribution is -0.383. The van der Waals surface area contributed by atoms with E-state index in [1.165, 1.54) is 18.6 Å². The fourth-order valence-corrected chi connectivity index (χ4v) is 2.10. The predicted molar refractivity (Wildman–Crippen MR) is 74.9 cm³/mol. The van der Waals surface area contributed by atoms with E-state index in [0.29, 0.717) is 29.6 Å². The third kappa shape index (κ3) is 2.64. The van der Waals surface area contributed by atoms with Gasteiger partial charge in [-0.1, -0.05) is 5.16 Å². The molecule has 21 heavy (non-hydrogen) atoms. The van der Waals surface area contributed by atoms with Gasteiger partial charge >= 0.3 is 0 Å². The molecule has 0 spiro atoms. The third-order valence-corrected chi connectivity index (χ3v) is 3.05. The quantitative estimate of drug-likeness (QED) is 0.565. The van der Waals surface area contributed by atoms with Crippen LogP contribution in [0.5, 0.6) is 0 Å². The van der Waals surface area contributed by atoms with Crippen LogP contribution in [-0.4, -0.2) is 26.6 Å². The third-order valence-electron chi connectivity index (χ3n) is 3.05. The molecule has 0 saturated heterocycles. The number of anilines is 1. The van der Waals surface area contributed by atoms with Crippen molar-refractivity contribution in [2.75, 3.05) is 11.9 Å². The molecular weight excluding hydrogens is 274 g/mol. The van der Waals surface area contributed by atoms with Gasteiger partial charge in [0.25, 0.3) is 5.69 Å². The summed E-state index contributed by atoms with van der Waals surface area (Å²) in [6, 6.07) is 4.80. The molecule has 106 valence electrons. The number of aromatic nitrogens is 3. The lowest BCUT2D eigenvalue weighted by Crippen LogP contribution is -2.06. The van der Waals surface area contributed by atoms with Gasteiger partial charge in [0.1, 0.15) is 0 Å². The molecule has 2 heterocycles. The maximum atomic E-state index is 11.0. The number of hydrogen-bond acceptors (Lipinski definition) is 7. The van der Waals surface area contributed by atoms with E-state index in [1.807, 2.05) is 0 Å². The van der Waals surface area contributed by atoms with Crippen LogP contribution in [0.15, 0.2) is 41.4 Å². The van der Waals surface area contributed by atoms with Gasteiger partial charge in [0.2, 0.25) is 5.89 Å². The lowest BCUT2D eigenvalue weighted by Gasteiger charge is -2.08. The van der Waals surface area contributed by atoms with Crippen molar-refractivity contribution in [1.29, 1.82) is 0 Å². The summed E-state index contributed by atoms with van der Waals surface area (Å²) in [5, 5.41) is 19.0. The van der Waals surface area contributed by atoms with Gasteiger partial charge < -0.3 is 9.84 Å². The molecule has 0 amide bonds. The van der Waals surface area contributed by atoms with E-state index in [4.69, 9.17) is 4.52 Å². The number of fused-ring (bicyclic) bond motifs is 1. The van der Waals surface area contributed by atoms with Gasteiger partial charge in [-0.15, -0.1) is 0 Å². The molecule has 3 aromatic rings. The van der Waals surface area contributed by atoms with Crippen molar-refractivity contribution in [3.8, 4) is 0 Å². The number of nitrogens with one attached hydrogen (secondary N) is 1. The maximum absolute atomic E-state index is 11.0. The Morgan fingerprint density at radius 3 is 2.95 bits per heavy atom. The fourth-order valence-electron chi connectivity index (χ4n) is 2.10. The first kappa shape index (κ1) is 13.0. The van der Waals surface area contributed by atoms with Crippen LogP contribution in [0.4, 0.5) is 11.4 Å². The van der Waals surface area contributed by atoms with E-state index in [1.54, 1.807) is 18.3 Å². The lowest BCUT2D eigenvalue weighted by atomic mass is 10.1. The van der Waals surface area contributed by atoms with Crippen LogP contribution in [-0.2, 0) is 6.42 Å². The molecule has 0 bridgehead atoms. The molecule has 1 N–H and O–H groups in total. The molecule has 0 fully saturated rings. The zero-order valence-electron chi connectivity index (χ0n) is 10.9. The van der Waals surface area contributed by atoms with Gasteiger partial charge in [0.15, 0.2) is 6.33 Å². The molecule has 1 aromatic carbocycles. The van der Waals surface area contributed by atoms with Crippen molar-refractivity contribution in [3.05, 3.63) is 52.9 Å². The van der Waals surface area contributed by atoms with Crippen molar-refractivity contribution >= 4 is 22.1 Å². The summed E-state index contributed by atoms with van der Waals surface area (Å²) >= 11 is 0. The van der Waals surface area contributed by atoms with Crippen molar-refractivity contribution < 1.29 is 9.45 Å². The smallest absolute Gasteiger partial charge is 0.277 e. The Labute approximate surface area is 119 Å². The monoisotopic (exact) mass is 285 g/mol. The van der Waals surface area contributed by atoms with E-state index in [0.717, 1.165) is 5.69 Å². The van der Waals surface area contributed by atoms with Crippen LogP contribution in [0.25, 0.3) is 10.8 Å². The highest BCUT2D eigenvalue weighted by atomic mass is 16.6. The Hall–Kier alpha value is -3.03. The number of nitro benzene ring substituents is 1. The Bertz CT molecular complexity index is 773. The first-order chi connectivity index (χ1) is 10.3. The van der Waals surface area contributed by atoms with Crippen molar-refractivity contribution in [1.82, 2.24) is 15.1 Å². The van der Waals surface area contributed by atoms with E-state index in [9.17, 15) is 10.1 Å². The van der Waals surface area contributed by atoms with E-state index in [-0.39, 0.29) is 5.69 Å². The van der Waals surface area contributed by atoms with Gasteiger partial charge in [-0.25, -0.2) is 0 Å². The summed E-state index contributed by atoms with van der Waals surface area (Å²) in [5.41, 5.74) is 0.845. The summed E-state index contributed by atoms with van der Waals surface area (Å²) in [4.78, 5) is 18.6. The van der Waals surface area contributed by atoms with Gasteiger partial charge in [0, 0.05) is 42.5 Å². The highest BCUT2D eigenvalue weighted by Crippen LogP contribution is 2.30. The van der Waals surface area contributed by atoms with Gasteiger partial charge in [-0.2, -0.15) is 4.98 Å². The highest BCUT2D eigenvalue weighted by molar-refractivity contribution is 5.99. The van der Waals surface area contributed by atoms with Gasteiger partial charge in [0.05, 0.1) is 10.3 Å². The van der Waals surface area contributed by atoms with E-state index in [2.05, 4.69) is 20.4 Å². The highest BCUT2D eigenvalue weighted by Gasteiger charge is 2.14. The first-order valence-electron chi connectivity index (χ1n) is 6.26. The van der Waals surface area contributed by atoms with Crippen LogP contribution < -0.4 is 5.32 Å². The average molecular weight is 285 g/mol. The van der Waals surface area contributed by atoms with Crippen LogP contribution in [0, 0.1) is 10.1 Å². The van der Waals surface area contributed by atoms with E-state index >= 15 is 0 Å². The Balaban J connectivity index is 1.85. The minimum absolute atomic E-state index is 0.0647. The van der Waals surface area contributed by atoms with Crippen LogP contribution in [0.1, 0.15) is 5.89 Å². The molecule has 0 atom stereocenters. The van der Waals surface area contributed by atoms with Crippen molar-refractivity contribution in [2.24, 2.45) is 0 Å². The normalized spacial score (nSPS) is 10.7. The minimum Gasteiger partial charge on any atom is -0.384 e. The van der Waals surface area contributed by atoms with Gasteiger partial charge in [-0.3, -0.25) is 15.1 Å². The zero-order chi connectivity index (χ0) is 14.7. The van der Waals surface area contributed by atoms with Crippen LogP contribution in [0.3, 0.4) is 0 Å². The number of nitrogens with zero attached hydrogens (tertiary/aromatic N) is 4. The predicted octanol–water partition coefficient (Wildman–Crippen LogP) is 2.18. The number of hydrogen-bond donors (Lipinski definition) is 1. The van der Waals surface area contributed by atoms with Crippen LogP contribution in [0.2, 0.25) is 0 Å². The molecule has 0 aliphatic heterocycles. The molecule has 8 nitrogen and oxygen atoms in total. The van der Waals surface area contributed by atoms with Crippen molar-refractivity contribution in [2.45, 2.75) is 6.42 Å². The molecule has 8 heteroatoms. The number of non-ortho nitro benzene ring substituents is 1. The van der Waals surface area contributed by atoms with Gasteiger partial charge in [-0.05, 0) is 12.1 Å². The minimum atomic E-state index is -0.398. The standard InChI is InChI=1S/C13H11N5O3/c19-18(20)12-2-1-11(10-7-14-5-3-9(10)12)15-6-4-13-16-8-17-21-13/h1-3,5,7-8,15H,4,6H2. The molecular formula is C13H11N5O3. The Kier molecular flexibility index (Phi) is 3.42. The van der Waals surface area contributed by atoms with E-state index < -0.39 is 4.92 Å². The fraction of sp³-hybridized carbons (Fsp3) is 0.154. The molecule has 0 saturated carbocycles. The Morgan fingerprint density at radius 1 is 1.29 bits per heavy atom. The second-order valence-corrected chi connectivity index (χ2v) is 4.32. The average Bonchev–Trinajstić information content (AvgIpc) is 3.00. The molecule has 0 aliphatic carbocycles. The molecule has 3 rings (SSSR count). The molecule has 2 aromatic heterocycles. The summed E-state index contributed by atoms with van der Waals surface area (Å²) in [6.45, 7) is 0.573. The first-order valence-corrected chi connectivity index (χ1v) is 6.26. The van der Waals surface area contributed by atoms with Crippen LogP contribution >= 0.6 is 0 Å². The summed E-state index contributed by atoms with van der Waals surface area (Å²) < 4.78 is 4.91. The summed E-state index contributed by atoms with van der Waals surface area (Å²) in [6.07, 6.45) is 5.06. The number of nitro groups is 1. The largest absolute Gasteiger partial charge is 0.384 e. The molecule has 0 radical (unpaired) electrons. The molecule has 0 aliphatic rings. The van der Waals surface area contributed by atoms with Crippen molar-refractivity contribution in [3.63, 3.8) is 0 Å². The topological polar surface area (TPSA) is 107 Å².